The normalized spacial score (nSPS) is 14.8. The van der Waals surface area contributed by atoms with Crippen molar-refractivity contribution >= 4 is 17.5 Å². The molecule has 1 fully saturated rings. The molecule has 0 bridgehead atoms. The third kappa shape index (κ3) is 5.84. The standard InChI is InChI=1S/C22H25ClN2O2/c1-2-22(26)25-14-12-24(13-15-25)17-19-5-3-18(4-6-19)11-16-27-21-9-7-20(23)8-10-21/h2-10H,1,11-17H2. The van der Waals surface area contributed by atoms with E-state index in [4.69, 9.17) is 16.3 Å². The van der Waals surface area contributed by atoms with E-state index in [2.05, 4.69) is 35.7 Å². The molecule has 5 heteroatoms. The molecule has 1 aliphatic rings. The molecule has 2 aromatic rings. The molecule has 1 amide bonds. The zero-order chi connectivity index (χ0) is 19.1. The molecule has 4 nitrogen and oxygen atoms in total. The molecule has 2 aromatic carbocycles. The predicted octanol–water partition coefficient (Wildman–Crippen LogP) is 3.79. The summed E-state index contributed by atoms with van der Waals surface area (Å²) in [5.41, 5.74) is 2.55. The van der Waals surface area contributed by atoms with Crippen LogP contribution in [0.2, 0.25) is 5.02 Å². The van der Waals surface area contributed by atoms with Crippen LogP contribution in [0.15, 0.2) is 61.2 Å². The van der Waals surface area contributed by atoms with Gasteiger partial charge in [-0.2, -0.15) is 0 Å². The van der Waals surface area contributed by atoms with E-state index < -0.39 is 0 Å². The minimum atomic E-state index is 0.0276. The average Bonchev–Trinajstić information content (AvgIpc) is 2.71. The largest absolute Gasteiger partial charge is 0.493 e. The number of amides is 1. The Kier molecular flexibility index (Phi) is 6.91. The van der Waals surface area contributed by atoms with Crippen LogP contribution in [0.3, 0.4) is 0 Å². The first-order valence-corrected chi connectivity index (χ1v) is 9.62. The van der Waals surface area contributed by atoms with Gasteiger partial charge in [0.05, 0.1) is 6.61 Å². The molecule has 0 N–H and O–H groups in total. The third-order valence-electron chi connectivity index (χ3n) is 4.76. The summed E-state index contributed by atoms with van der Waals surface area (Å²) in [6.45, 7) is 8.44. The number of benzene rings is 2. The van der Waals surface area contributed by atoms with Crippen LogP contribution in [0.1, 0.15) is 11.1 Å². The maximum Gasteiger partial charge on any atom is 0.246 e. The van der Waals surface area contributed by atoms with Gasteiger partial charge in [-0.15, -0.1) is 0 Å². The first kappa shape index (κ1) is 19.5. The first-order valence-electron chi connectivity index (χ1n) is 9.24. The van der Waals surface area contributed by atoms with Gasteiger partial charge in [-0.05, 0) is 41.5 Å². The van der Waals surface area contributed by atoms with Gasteiger partial charge in [0, 0.05) is 44.2 Å². The van der Waals surface area contributed by atoms with E-state index >= 15 is 0 Å². The number of ether oxygens (including phenoxy) is 1. The summed E-state index contributed by atoms with van der Waals surface area (Å²) >= 11 is 5.87. The Morgan fingerprint density at radius 1 is 1.00 bits per heavy atom. The van der Waals surface area contributed by atoms with Crippen molar-refractivity contribution in [2.24, 2.45) is 0 Å². The van der Waals surface area contributed by atoms with Gasteiger partial charge >= 0.3 is 0 Å². The molecule has 0 unspecified atom stereocenters. The molecular formula is C22H25ClN2O2. The highest BCUT2D eigenvalue weighted by atomic mass is 35.5. The molecule has 142 valence electrons. The Hall–Kier alpha value is -2.30. The van der Waals surface area contributed by atoms with Crippen LogP contribution >= 0.6 is 11.6 Å². The minimum Gasteiger partial charge on any atom is -0.493 e. The predicted molar refractivity (Wildman–Crippen MR) is 109 cm³/mol. The van der Waals surface area contributed by atoms with Gasteiger partial charge in [-0.25, -0.2) is 0 Å². The zero-order valence-electron chi connectivity index (χ0n) is 15.4. The number of piperazine rings is 1. The smallest absolute Gasteiger partial charge is 0.246 e. The number of halogens is 1. The number of nitrogens with zero attached hydrogens (tertiary/aromatic N) is 2. The second-order valence-electron chi connectivity index (χ2n) is 6.67. The molecule has 1 heterocycles. The van der Waals surface area contributed by atoms with Crippen molar-refractivity contribution in [1.29, 1.82) is 0 Å². The quantitative estimate of drug-likeness (QED) is 0.681. The van der Waals surface area contributed by atoms with E-state index in [0.717, 1.165) is 44.9 Å². The van der Waals surface area contributed by atoms with E-state index in [1.807, 2.05) is 29.2 Å². The lowest BCUT2D eigenvalue weighted by molar-refractivity contribution is -0.127. The van der Waals surface area contributed by atoms with Gasteiger partial charge < -0.3 is 9.64 Å². The van der Waals surface area contributed by atoms with Crippen molar-refractivity contribution in [3.63, 3.8) is 0 Å². The van der Waals surface area contributed by atoms with Crippen LogP contribution in [0.5, 0.6) is 5.75 Å². The molecule has 1 saturated heterocycles. The SMILES string of the molecule is C=CC(=O)N1CCN(Cc2ccc(CCOc3ccc(Cl)cc3)cc2)CC1. The average molecular weight is 385 g/mol. The number of carbonyl (C=O) groups excluding carboxylic acids is 1. The van der Waals surface area contributed by atoms with Gasteiger partial charge in [0.25, 0.3) is 0 Å². The summed E-state index contributed by atoms with van der Waals surface area (Å²) < 4.78 is 5.75. The molecule has 3 rings (SSSR count). The number of hydrogen-bond acceptors (Lipinski definition) is 3. The second kappa shape index (κ2) is 9.58. The number of carbonyl (C=O) groups is 1. The molecule has 27 heavy (non-hydrogen) atoms. The van der Waals surface area contributed by atoms with Crippen molar-refractivity contribution in [2.75, 3.05) is 32.8 Å². The maximum absolute atomic E-state index is 11.6. The van der Waals surface area contributed by atoms with Crippen molar-refractivity contribution < 1.29 is 9.53 Å². The Balaban J connectivity index is 1.41. The molecule has 1 aliphatic heterocycles. The third-order valence-corrected chi connectivity index (χ3v) is 5.01. The summed E-state index contributed by atoms with van der Waals surface area (Å²) in [5, 5.41) is 0.714. The van der Waals surface area contributed by atoms with Crippen molar-refractivity contribution in [1.82, 2.24) is 9.80 Å². The van der Waals surface area contributed by atoms with E-state index in [0.29, 0.717) is 11.6 Å². The minimum absolute atomic E-state index is 0.0276. The van der Waals surface area contributed by atoms with Crippen LogP contribution in [-0.4, -0.2) is 48.5 Å². The Bertz CT molecular complexity index is 751. The van der Waals surface area contributed by atoms with Crippen molar-refractivity contribution in [3.05, 3.63) is 77.3 Å². The van der Waals surface area contributed by atoms with E-state index in [1.165, 1.54) is 17.2 Å². The highest BCUT2D eigenvalue weighted by molar-refractivity contribution is 6.30. The molecule has 0 saturated carbocycles. The molecule has 0 aromatic heterocycles. The highest BCUT2D eigenvalue weighted by Crippen LogP contribution is 2.16. The van der Waals surface area contributed by atoms with Gasteiger partial charge in [-0.3, -0.25) is 9.69 Å². The Morgan fingerprint density at radius 2 is 1.63 bits per heavy atom. The van der Waals surface area contributed by atoms with Crippen molar-refractivity contribution in [2.45, 2.75) is 13.0 Å². The lowest BCUT2D eigenvalue weighted by Crippen LogP contribution is -2.47. The highest BCUT2D eigenvalue weighted by Gasteiger charge is 2.19. The molecular weight excluding hydrogens is 360 g/mol. The number of hydrogen-bond donors (Lipinski definition) is 0. The van der Waals surface area contributed by atoms with Crippen LogP contribution < -0.4 is 4.74 Å². The topological polar surface area (TPSA) is 32.8 Å². The Labute approximate surface area is 166 Å². The van der Waals surface area contributed by atoms with Crippen LogP contribution in [-0.2, 0) is 17.8 Å². The van der Waals surface area contributed by atoms with E-state index in [1.54, 1.807) is 0 Å². The fourth-order valence-electron chi connectivity index (χ4n) is 3.14. The first-order chi connectivity index (χ1) is 13.1. The maximum atomic E-state index is 11.6. The summed E-state index contributed by atoms with van der Waals surface area (Å²) in [6.07, 6.45) is 2.26. The molecule has 0 atom stereocenters. The van der Waals surface area contributed by atoms with E-state index in [9.17, 15) is 4.79 Å². The monoisotopic (exact) mass is 384 g/mol. The zero-order valence-corrected chi connectivity index (χ0v) is 16.2. The van der Waals surface area contributed by atoms with Crippen LogP contribution in [0.4, 0.5) is 0 Å². The number of rotatable bonds is 7. The van der Waals surface area contributed by atoms with Crippen molar-refractivity contribution in [3.8, 4) is 5.75 Å². The lowest BCUT2D eigenvalue weighted by Gasteiger charge is -2.34. The van der Waals surface area contributed by atoms with E-state index in [-0.39, 0.29) is 5.91 Å². The van der Waals surface area contributed by atoms with Gasteiger partial charge in [0.15, 0.2) is 0 Å². The molecule has 0 spiro atoms. The summed E-state index contributed by atoms with van der Waals surface area (Å²) in [7, 11) is 0. The molecule has 0 aliphatic carbocycles. The molecule has 0 radical (unpaired) electrons. The van der Waals surface area contributed by atoms with Crippen LogP contribution in [0, 0.1) is 0 Å². The van der Waals surface area contributed by atoms with Gasteiger partial charge in [-0.1, -0.05) is 42.4 Å². The van der Waals surface area contributed by atoms with Gasteiger partial charge in [0.1, 0.15) is 5.75 Å². The van der Waals surface area contributed by atoms with Gasteiger partial charge in [0.2, 0.25) is 5.91 Å². The fourth-order valence-corrected chi connectivity index (χ4v) is 3.27. The Morgan fingerprint density at radius 3 is 2.26 bits per heavy atom. The van der Waals surface area contributed by atoms with Crippen LogP contribution in [0.25, 0.3) is 0 Å². The summed E-state index contributed by atoms with van der Waals surface area (Å²) in [5.74, 6) is 0.866. The lowest BCUT2D eigenvalue weighted by atomic mass is 10.1. The summed E-state index contributed by atoms with van der Waals surface area (Å²) in [4.78, 5) is 15.9. The second-order valence-corrected chi connectivity index (χ2v) is 7.11. The fraction of sp³-hybridized carbons (Fsp3) is 0.318. The summed E-state index contributed by atoms with van der Waals surface area (Å²) in [6, 6.07) is 16.1.